The summed E-state index contributed by atoms with van der Waals surface area (Å²) < 4.78 is 5.22. The van der Waals surface area contributed by atoms with Crippen molar-refractivity contribution in [1.29, 1.82) is 5.26 Å². The van der Waals surface area contributed by atoms with Gasteiger partial charge in [-0.2, -0.15) is 5.26 Å². The topological polar surface area (TPSA) is 53.3 Å². The van der Waals surface area contributed by atoms with Crippen LogP contribution in [0.2, 0.25) is 0 Å². The van der Waals surface area contributed by atoms with Gasteiger partial charge in [-0.25, -0.2) is 0 Å². The van der Waals surface area contributed by atoms with Crippen molar-refractivity contribution in [1.82, 2.24) is 0 Å². The van der Waals surface area contributed by atoms with Crippen molar-refractivity contribution >= 4 is 11.6 Å². The second-order valence-corrected chi connectivity index (χ2v) is 3.61. The minimum atomic E-state index is -0.606. The van der Waals surface area contributed by atoms with Gasteiger partial charge in [0, 0.05) is 7.05 Å². The highest BCUT2D eigenvalue weighted by Gasteiger charge is 2.17. The van der Waals surface area contributed by atoms with Crippen LogP contribution in [0.15, 0.2) is 12.1 Å². The number of benzene rings is 1. The Bertz CT molecular complexity index is 461. The minimum absolute atomic E-state index is 0.601. The Morgan fingerprint density at radius 2 is 2.06 bits per heavy atom. The molecule has 4 heteroatoms. The fraction of sp³-hybridized carbons (Fsp3) is 0.333. The maximum atomic E-state index is 11.3. The van der Waals surface area contributed by atoms with Crippen LogP contribution in [-0.2, 0) is 4.79 Å². The Labute approximate surface area is 95.0 Å². The van der Waals surface area contributed by atoms with Crippen LogP contribution in [0.25, 0.3) is 0 Å². The van der Waals surface area contributed by atoms with Crippen LogP contribution in [0.5, 0.6) is 5.75 Å². The molecule has 0 heterocycles. The van der Waals surface area contributed by atoms with Crippen molar-refractivity contribution in [3.63, 3.8) is 0 Å². The van der Waals surface area contributed by atoms with E-state index >= 15 is 0 Å². The molecule has 0 spiro atoms. The van der Waals surface area contributed by atoms with Crippen molar-refractivity contribution in [2.45, 2.75) is 13.8 Å². The second-order valence-electron chi connectivity index (χ2n) is 3.61. The average molecular weight is 218 g/mol. The molecule has 0 saturated carbocycles. The van der Waals surface area contributed by atoms with E-state index in [9.17, 15) is 4.79 Å². The van der Waals surface area contributed by atoms with Gasteiger partial charge in [-0.1, -0.05) is 6.07 Å². The summed E-state index contributed by atoms with van der Waals surface area (Å²) in [5.74, 6) is -0.00569. The zero-order chi connectivity index (χ0) is 12.3. The van der Waals surface area contributed by atoms with Crippen LogP contribution in [0.4, 0.5) is 5.69 Å². The Balaban J connectivity index is 3.33. The molecule has 1 aromatic rings. The van der Waals surface area contributed by atoms with E-state index in [1.807, 2.05) is 26.0 Å². The third-order valence-corrected chi connectivity index (χ3v) is 2.37. The number of aryl methyl sites for hydroxylation is 2. The molecule has 0 unspecified atom stereocenters. The van der Waals surface area contributed by atoms with Gasteiger partial charge in [0.05, 0.1) is 12.8 Å². The molecule has 0 aliphatic rings. The lowest BCUT2D eigenvalue weighted by Crippen LogP contribution is -2.25. The first-order chi connectivity index (χ1) is 7.51. The third kappa shape index (κ3) is 2.14. The van der Waals surface area contributed by atoms with Gasteiger partial charge in [-0.05, 0) is 31.0 Å². The molecule has 0 saturated heterocycles. The number of methoxy groups -OCH3 is 1. The van der Waals surface area contributed by atoms with E-state index < -0.39 is 5.91 Å². The lowest BCUT2D eigenvalue weighted by atomic mass is 10.1. The summed E-state index contributed by atoms with van der Waals surface area (Å²) in [7, 11) is 3.11. The number of carbonyl (C=O) groups is 1. The summed E-state index contributed by atoms with van der Waals surface area (Å²) in [5.41, 5.74) is 2.60. The summed E-state index contributed by atoms with van der Waals surface area (Å²) >= 11 is 0. The highest BCUT2D eigenvalue weighted by molar-refractivity contribution is 6.05. The van der Waals surface area contributed by atoms with Crippen LogP contribution in [-0.4, -0.2) is 20.1 Å². The molecule has 0 fully saturated rings. The molecule has 16 heavy (non-hydrogen) atoms. The van der Waals surface area contributed by atoms with Gasteiger partial charge in [0.2, 0.25) is 0 Å². The number of amides is 1. The van der Waals surface area contributed by atoms with E-state index in [0.717, 1.165) is 11.1 Å². The zero-order valence-electron chi connectivity index (χ0n) is 9.87. The molecule has 1 amide bonds. The van der Waals surface area contributed by atoms with E-state index in [-0.39, 0.29) is 0 Å². The summed E-state index contributed by atoms with van der Waals surface area (Å²) in [4.78, 5) is 12.6. The number of nitriles is 1. The molecule has 0 N–H and O–H groups in total. The molecule has 1 rings (SSSR count). The van der Waals surface area contributed by atoms with Gasteiger partial charge >= 0.3 is 5.91 Å². The summed E-state index contributed by atoms with van der Waals surface area (Å²) in [5, 5.41) is 8.59. The zero-order valence-corrected chi connectivity index (χ0v) is 9.87. The van der Waals surface area contributed by atoms with Crippen molar-refractivity contribution in [3.05, 3.63) is 23.3 Å². The standard InChI is InChI=1S/C12H14N2O2/c1-8-5-9(2)12(10(6-8)16-4)14(3)11(15)7-13/h5-6H,1-4H3. The molecule has 4 nitrogen and oxygen atoms in total. The summed E-state index contributed by atoms with van der Waals surface area (Å²) in [6, 6.07) is 5.37. The summed E-state index contributed by atoms with van der Waals surface area (Å²) in [6.45, 7) is 3.83. The Kier molecular flexibility index (Phi) is 3.51. The molecule has 0 aliphatic heterocycles. The molecular formula is C12H14N2O2. The Morgan fingerprint density at radius 1 is 1.44 bits per heavy atom. The maximum Gasteiger partial charge on any atom is 0.329 e. The van der Waals surface area contributed by atoms with Crippen LogP contribution >= 0.6 is 0 Å². The SMILES string of the molecule is COc1cc(C)cc(C)c1N(C)C(=O)C#N. The first-order valence-electron chi connectivity index (χ1n) is 4.84. The number of ether oxygens (including phenoxy) is 1. The Morgan fingerprint density at radius 3 is 2.56 bits per heavy atom. The first-order valence-corrected chi connectivity index (χ1v) is 4.84. The van der Waals surface area contributed by atoms with Crippen LogP contribution in [0, 0.1) is 25.2 Å². The second kappa shape index (κ2) is 4.67. The van der Waals surface area contributed by atoms with Gasteiger partial charge in [-0.3, -0.25) is 9.69 Å². The number of carbonyl (C=O) groups excluding carboxylic acids is 1. The highest BCUT2D eigenvalue weighted by atomic mass is 16.5. The third-order valence-electron chi connectivity index (χ3n) is 2.37. The predicted molar refractivity (Wildman–Crippen MR) is 61.5 cm³/mol. The van der Waals surface area contributed by atoms with Gasteiger partial charge in [0.1, 0.15) is 5.75 Å². The lowest BCUT2D eigenvalue weighted by molar-refractivity contribution is -0.113. The van der Waals surface area contributed by atoms with Gasteiger partial charge in [0.15, 0.2) is 6.07 Å². The van der Waals surface area contributed by atoms with E-state index in [2.05, 4.69) is 0 Å². The number of hydrogen-bond donors (Lipinski definition) is 0. The van der Waals surface area contributed by atoms with Crippen molar-refractivity contribution in [3.8, 4) is 11.8 Å². The van der Waals surface area contributed by atoms with E-state index in [4.69, 9.17) is 10.00 Å². The van der Waals surface area contributed by atoms with Crippen molar-refractivity contribution in [2.75, 3.05) is 19.1 Å². The summed E-state index contributed by atoms with van der Waals surface area (Å²) in [6.07, 6.45) is 0. The maximum absolute atomic E-state index is 11.3. The van der Waals surface area contributed by atoms with E-state index in [1.165, 1.54) is 4.90 Å². The fourth-order valence-corrected chi connectivity index (χ4v) is 1.68. The minimum Gasteiger partial charge on any atom is -0.495 e. The van der Waals surface area contributed by atoms with Gasteiger partial charge in [-0.15, -0.1) is 0 Å². The highest BCUT2D eigenvalue weighted by Crippen LogP contribution is 2.32. The quantitative estimate of drug-likeness (QED) is 0.711. The fourth-order valence-electron chi connectivity index (χ4n) is 1.68. The van der Waals surface area contributed by atoms with E-state index in [0.29, 0.717) is 11.4 Å². The molecular weight excluding hydrogens is 204 g/mol. The number of hydrogen-bond acceptors (Lipinski definition) is 3. The lowest BCUT2D eigenvalue weighted by Gasteiger charge is -2.20. The molecule has 0 aromatic heterocycles. The van der Waals surface area contributed by atoms with E-state index in [1.54, 1.807) is 20.2 Å². The molecule has 0 bridgehead atoms. The number of anilines is 1. The number of rotatable bonds is 2. The molecule has 1 aromatic carbocycles. The molecule has 0 atom stereocenters. The smallest absolute Gasteiger partial charge is 0.329 e. The predicted octanol–water partition coefficient (Wildman–Crippen LogP) is 1.80. The normalized spacial score (nSPS) is 9.44. The van der Waals surface area contributed by atoms with Crippen LogP contribution in [0.3, 0.4) is 0 Å². The largest absolute Gasteiger partial charge is 0.495 e. The van der Waals surface area contributed by atoms with Crippen LogP contribution in [0.1, 0.15) is 11.1 Å². The Hall–Kier alpha value is -2.02. The van der Waals surface area contributed by atoms with Gasteiger partial charge in [0.25, 0.3) is 0 Å². The average Bonchev–Trinajstić information content (AvgIpc) is 2.26. The molecule has 84 valence electrons. The monoisotopic (exact) mass is 218 g/mol. The van der Waals surface area contributed by atoms with Crippen molar-refractivity contribution in [2.24, 2.45) is 0 Å². The van der Waals surface area contributed by atoms with Crippen LogP contribution < -0.4 is 9.64 Å². The first kappa shape index (κ1) is 12.1. The molecule has 0 radical (unpaired) electrons. The number of nitrogens with zero attached hydrogens (tertiary/aromatic N) is 2. The van der Waals surface area contributed by atoms with Gasteiger partial charge < -0.3 is 4.74 Å². The van der Waals surface area contributed by atoms with Crippen molar-refractivity contribution < 1.29 is 9.53 Å². The molecule has 0 aliphatic carbocycles.